The first kappa shape index (κ1) is 20.2. The number of ketones is 1. The van der Waals surface area contributed by atoms with E-state index in [0.717, 1.165) is 10.4 Å². The van der Waals surface area contributed by atoms with Gasteiger partial charge in [-0.05, 0) is 50.6 Å². The first-order chi connectivity index (χ1) is 13.3. The highest BCUT2D eigenvalue weighted by Crippen LogP contribution is 2.27. The van der Waals surface area contributed by atoms with E-state index in [1.807, 2.05) is 13.8 Å². The van der Waals surface area contributed by atoms with Gasteiger partial charge in [0.1, 0.15) is 4.83 Å². The molecule has 0 aliphatic carbocycles. The molecule has 0 saturated carbocycles. The number of ether oxygens (including phenoxy) is 1. The third-order valence-electron chi connectivity index (χ3n) is 4.47. The molecule has 0 saturated heterocycles. The summed E-state index contributed by atoms with van der Waals surface area (Å²) in [6.45, 7) is 5.45. The molecule has 2 heterocycles. The van der Waals surface area contributed by atoms with Crippen molar-refractivity contribution < 1.29 is 14.3 Å². The summed E-state index contributed by atoms with van der Waals surface area (Å²) in [4.78, 5) is 45.3. The van der Waals surface area contributed by atoms with Gasteiger partial charge in [0.25, 0.3) is 5.56 Å². The van der Waals surface area contributed by atoms with Crippen LogP contribution in [0.2, 0.25) is 5.02 Å². The van der Waals surface area contributed by atoms with Crippen LogP contribution in [0.3, 0.4) is 0 Å². The number of esters is 1. The molecule has 6 nitrogen and oxygen atoms in total. The fraction of sp³-hybridized carbons (Fsp3) is 0.300. The van der Waals surface area contributed by atoms with Crippen LogP contribution in [0.25, 0.3) is 10.2 Å². The van der Waals surface area contributed by atoms with Crippen LogP contribution >= 0.6 is 22.9 Å². The smallest absolute Gasteiger partial charge is 0.306 e. The van der Waals surface area contributed by atoms with Crippen molar-refractivity contribution in [3.05, 3.63) is 61.5 Å². The van der Waals surface area contributed by atoms with E-state index in [0.29, 0.717) is 20.8 Å². The number of carbonyl (C=O) groups excluding carboxylic acids is 2. The molecule has 1 N–H and O–H groups in total. The monoisotopic (exact) mass is 418 g/mol. The second kappa shape index (κ2) is 8.24. The van der Waals surface area contributed by atoms with E-state index in [2.05, 4.69) is 9.97 Å². The number of carbonyl (C=O) groups is 2. The van der Waals surface area contributed by atoms with Gasteiger partial charge in [0.15, 0.2) is 17.7 Å². The van der Waals surface area contributed by atoms with Gasteiger partial charge in [0.05, 0.1) is 11.8 Å². The number of Topliss-reactive ketones (excluding diaryl/α,β-unsaturated/α-hetero) is 1. The zero-order valence-corrected chi connectivity index (χ0v) is 17.2. The first-order valence-electron chi connectivity index (χ1n) is 8.74. The van der Waals surface area contributed by atoms with E-state index in [-0.39, 0.29) is 30.0 Å². The molecule has 28 heavy (non-hydrogen) atoms. The fourth-order valence-corrected chi connectivity index (χ4v) is 3.93. The number of thiophene rings is 1. The number of hydrogen-bond donors (Lipinski definition) is 1. The highest BCUT2D eigenvalue weighted by molar-refractivity contribution is 7.18. The molecule has 146 valence electrons. The molecule has 0 aliphatic heterocycles. The van der Waals surface area contributed by atoms with E-state index >= 15 is 0 Å². The predicted molar refractivity (Wildman–Crippen MR) is 109 cm³/mol. The van der Waals surface area contributed by atoms with Gasteiger partial charge in [-0.15, -0.1) is 11.3 Å². The van der Waals surface area contributed by atoms with Gasteiger partial charge < -0.3 is 9.72 Å². The second-order valence-corrected chi connectivity index (χ2v) is 8.12. The van der Waals surface area contributed by atoms with Gasteiger partial charge in [0.2, 0.25) is 0 Å². The van der Waals surface area contributed by atoms with Crippen LogP contribution in [0.1, 0.15) is 52.5 Å². The van der Waals surface area contributed by atoms with Gasteiger partial charge >= 0.3 is 5.97 Å². The molecule has 0 spiro atoms. The average Bonchev–Trinajstić information content (AvgIpc) is 2.94. The van der Waals surface area contributed by atoms with E-state index in [9.17, 15) is 14.4 Å². The Bertz CT molecular complexity index is 1100. The third-order valence-corrected chi connectivity index (χ3v) is 5.83. The Morgan fingerprint density at radius 3 is 2.57 bits per heavy atom. The summed E-state index contributed by atoms with van der Waals surface area (Å²) >= 11 is 7.23. The summed E-state index contributed by atoms with van der Waals surface area (Å²) in [6, 6.07) is 6.49. The van der Waals surface area contributed by atoms with Crippen LogP contribution in [0.4, 0.5) is 0 Å². The largest absolute Gasteiger partial charge is 0.454 e. The van der Waals surface area contributed by atoms with Crippen LogP contribution in [0, 0.1) is 13.8 Å². The number of aromatic amines is 1. The topological polar surface area (TPSA) is 89.1 Å². The number of aromatic nitrogens is 2. The van der Waals surface area contributed by atoms with Crippen molar-refractivity contribution in [2.45, 2.75) is 39.7 Å². The van der Waals surface area contributed by atoms with E-state index in [4.69, 9.17) is 16.3 Å². The normalized spacial score (nSPS) is 12.1. The second-order valence-electron chi connectivity index (χ2n) is 6.48. The van der Waals surface area contributed by atoms with Crippen molar-refractivity contribution in [3.8, 4) is 0 Å². The molecule has 0 radical (unpaired) electrons. The molecule has 8 heteroatoms. The number of benzene rings is 1. The quantitative estimate of drug-likeness (QED) is 0.469. The Morgan fingerprint density at radius 1 is 1.21 bits per heavy atom. The van der Waals surface area contributed by atoms with Gasteiger partial charge in [-0.2, -0.15) is 0 Å². The van der Waals surface area contributed by atoms with Crippen LogP contribution in [0.15, 0.2) is 29.1 Å². The molecule has 3 rings (SSSR count). The summed E-state index contributed by atoms with van der Waals surface area (Å²) < 4.78 is 5.34. The van der Waals surface area contributed by atoms with Gasteiger partial charge in [-0.25, -0.2) is 4.98 Å². The minimum atomic E-state index is -0.724. The van der Waals surface area contributed by atoms with Crippen molar-refractivity contribution in [3.63, 3.8) is 0 Å². The molecule has 0 aliphatic rings. The molecule has 2 aromatic heterocycles. The van der Waals surface area contributed by atoms with Crippen LogP contribution < -0.4 is 5.56 Å². The fourth-order valence-electron chi connectivity index (χ4n) is 2.77. The number of nitrogens with zero attached hydrogens (tertiary/aromatic N) is 1. The standard InChI is InChI=1S/C20H19ClN2O4S/c1-10-12(3)28-20-17(10)19(26)22-18(23-20)11(2)27-16(25)9-8-15(24)13-4-6-14(21)7-5-13/h4-7,11H,8-9H2,1-3H3,(H,22,23,26). The van der Waals surface area contributed by atoms with Crippen molar-refractivity contribution >= 4 is 44.9 Å². The molecular formula is C20H19ClN2O4S. The minimum absolute atomic E-state index is 0.0273. The van der Waals surface area contributed by atoms with Crippen molar-refractivity contribution in [1.29, 1.82) is 0 Å². The van der Waals surface area contributed by atoms with Gasteiger partial charge in [0, 0.05) is 21.9 Å². The Labute approximate surface area is 170 Å². The Balaban J connectivity index is 1.64. The maximum absolute atomic E-state index is 12.3. The van der Waals surface area contributed by atoms with Gasteiger partial charge in [-0.1, -0.05) is 11.6 Å². The lowest BCUT2D eigenvalue weighted by Crippen LogP contribution is -2.17. The predicted octanol–water partition coefficient (Wildman–Crippen LogP) is 4.52. The number of hydrogen-bond acceptors (Lipinski definition) is 6. The number of nitrogens with one attached hydrogen (secondary N) is 1. The Hall–Kier alpha value is -2.51. The zero-order chi connectivity index (χ0) is 20.4. The minimum Gasteiger partial charge on any atom is -0.454 e. The highest BCUT2D eigenvalue weighted by atomic mass is 35.5. The van der Waals surface area contributed by atoms with E-state index in [1.165, 1.54) is 11.3 Å². The summed E-state index contributed by atoms with van der Waals surface area (Å²) in [5.74, 6) is -0.411. The number of fused-ring (bicyclic) bond motifs is 1. The van der Waals surface area contributed by atoms with Crippen LogP contribution in [0.5, 0.6) is 0 Å². The number of halogens is 1. The maximum Gasteiger partial charge on any atom is 0.306 e. The first-order valence-corrected chi connectivity index (χ1v) is 9.94. The summed E-state index contributed by atoms with van der Waals surface area (Å²) in [6.07, 6.45) is -0.757. The third kappa shape index (κ3) is 4.31. The summed E-state index contributed by atoms with van der Waals surface area (Å²) in [5.41, 5.74) is 1.15. The highest BCUT2D eigenvalue weighted by Gasteiger charge is 2.19. The molecule has 0 bridgehead atoms. The molecule has 1 aromatic carbocycles. The lowest BCUT2D eigenvalue weighted by Gasteiger charge is -2.12. The van der Waals surface area contributed by atoms with Crippen molar-refractivity contribution in [2.75, 3.05) is 0 Å². The Kier molecular flexibility index (Phi) is 5.96. The number of rotatable bonds is 6. The van der Waals surface area contributed by atoms with E-state index < -0.39 is 12.1 Å². The molecule has 1 unspecified atom stereocenters. The lowest BCUT2D eigenvalue weighted by atomic mass is 10.1. The van der Waals surface area contributed by atoms with Crippen molar-refractivity contribution in [2.24, 2.45) is 0 Å². The van der Waals surface area contributed by atoms with Gasteiger partial charge in [-0.3, -0.25) is 14.4 Å². The van der Waals surface area contributed by atoms with Crippen molar-refractivity contribution in [1.82, 2.24) is 9.97 Å². The van der Waals surface area contributed by atoms with E-state index in [1.54, 1.807) is 31.2 Å². The summed E-state index contributed by atoms with van der Waals surface area (Å²) in [5, 5.41) is 1.11. The zero-order valence-electron chi connectivity index (χ0n) is 15.7. The average molecular weight is 419 g/mol. The Morgan fingerprint density at radius 2 is 1.89 bits per heavy atom. The van der Waals surface area contributed by atoms with Crippen LogP contribution in [-0.4, -0.2) is 21.7 Å². The molecule has 0 amide bonds. The van der Waals surface area contributed by atoms with Crippen LogP contribution in [-0.2, 0) is 9.53 Å². The molecule has 0 fully saturated rings. The lowest BCUT2D eigenvalue weighted by molar-refractivity contribution is -0.148. The molecule has 3 aromatic rings. The molecular weight excluding hydrogens is 400 g/mol. The summed E-state index contributed by atoms with van der Waals surface area (Å²) in [7, 11) is 0. The number of H-pyrrole nitrogens is 1. The number of aryl methyl sites for hydroxylation is 2. The SMILES string of the molecule is Cc1sc2nc(C(C)OC(=O)CCC(=O)c3ccc(Cl)cc3)[nH]c(=O)c2c1C. The molecule has 1 atom stereocenters. The maximum atomic E-state index is 12.3.